The molecule has 0 saturated carbocycles. The summed E-state index contributed by atoms with van der Waals surface area (Å²) in [5, 5.41) is 0. The van der Waals surface area contributed by atoms with E-state index in [-0.39, 0.29) is 11.9 Å². The Kier molecular flexibility index (Phi) is 18.1. The van der Waals surface area contributed by atoms with E-state index in [9.17, 15) is 9.59 Å². The first-order chi connectivity index (χ1) is 11.9. The minimum Gasteiger partial charge on any atom is -0.466 e. The molecule has 0 aliphatic rings. The molecule has 0 fully saturated rings. The number of carbonyl (C=O) groups is 2. The lowest BCUT2D eigenvalue weighted by molar-refractivity contribution is -0.144. The zero-order valence-corrected chi connectivity index (χ0v) is 20.1. The third kappa shape index (κ3) is 20.6. The quantitative estimate of drug-likeness (QED) is 0.0972. The number of carbonyl (C=O) groups excluding carboxylic acids is 2. The largest absolute Gasteiger partial charge is 0.466 e. The van der Waals surface area contributed by atoms with Gasteiger partial charge in [0.25, 0.3) is 0 Å². The second-order valence-electron chi connectivity index (χ2n) is 6.55. The molecule has 2 atom stereocenters. The summed E-state index contributed by atoms with van der Waals surface area (Å²) in [5.74, 6) is -0.128. The van der Waals surface area contributed by atoms with E-state index in [1.165, 1.54) is 19.3 Å². The summed E-state index contributed by atoms with van der Waals surface area (Å²) in [4.78, 5) is 22.9. The minimum absolute atomic E-state index is 0.0639. The van der Waals surface area contributed by atoms with Gasteiger partial charge in [-0.1, -0.05) is 91.1 Å². The number of esters is 2. The zero-order chi connectivity index (χ0) is 18.9. The van der Waals surface area contributed by atoms with Gasteiger partial charge >= 0.3 is 11.9 Å². The Labute approximate surface area is 180 Å². The Morgan fingerprint density at radius 3 is 1.32 bits per heavy atom. The number of unbranched alkanes of at least 4 members (excludes halogenated alkanes) is 6. The molecule has 0 heterocycles. The summed E-state index contributed by atoms with van der Waals surface area (Å²) >= 11 is 4.65. The maximum atomic E-state index is 11.4. The van der Waals surface area contributed by atoms with E-state index in [1.54, 1.807) is 0 Å². The van der Waals surface area contributed by atoms with Crippen molar-refractivity contribution in [2.75, 3.05) is 13.2 Å². The molecule has 0 aliphatic heterocycles. The molecule has 148 valence electrons. The number of ether oxygens (including phenoxy) is 2. The Morgan fingerprint density at radius 2 is 1.00 bits per heavy atom. The van der Waals surface area contributed by atoms with Gasteiger partial charge in [-0.05, 0) is 25.7 Å². The average molecular weight is 580 g/mol. The summed E-state index contributed by atoms with van der Waals surface area (Å²) in [5.41, 5.74) is 0. The highest BCUT2D eigenvalue weighted by molar-refractivity contribution is 14.1. The van der Waals surface area contributed by atoms with Gasteiger partial charge in [-0.3, -0.25) is 9.59 Å². The van der Waals surface area contributed by atoms with E-state index in [4.69, 9.17) is 9.47 Å². The van der Waals surface area contributed by atoms with Gasteiger partial charge in [0, 0.05) is 20.7 Å². The summed E-state index contributed by atoms with van der Waals surface area (Å²) in [6.07, 6.45) is 10.5. The molecule has 0 aromatic carbocycles. The minimum atomic E-state index is -0.0639. The van der Waals surface area contributed by atoms with Crippen molar-refractivity contribution in [1.82, 2.24) is 0 Å². The Balaban J connectivity index is 3.24. The van der Waals surface area contributed by atoms with Crippen LogP contribution in [0.2, 0.25) is 0 Å². The van der Waals surface area contributed by atoms with Crippen LogP contribution in [-0.4, -0.2) is 33.0 Å². The molecule has 25 heavy (non-hydrogen) atoms. The fraction of sp³-hybridized carbons (Fsp3) is 0.895. The van der Waals surface area contributed by atoms with Gasteiger partial charge in [0.1, 0.15) is 0 Å². The average Bonchev–Trinajstić information content (AvgIpc) is 2.55. The lowest BCUT2D eigenvalue weighted by Gasteiger charge is -2.07. The first kappa shape index (κ1) is 25.4. The van der Waals surface area contributed by atoms with Crippen LogP contribution in [0.25, 0.3) is 0 Å². The van der Waals surface area contributed by atoms with E-state index in [0.717, 1.165) is 38.5 Å². The lowest BCUT2D eigenvalue weighted by Crippen LogP contribution is -2.07. The highest BCUT2D eigenvalue weighted by Gasteiger charge is 2.06. The molecule has 0 N–H and O–H groups in total. The molecular weight excluding hydrogens is 546 g/mol. The summed E-state index contributed by atoms with van der Waals surface area (Å²) in [7, 11) is 0. The predicted molar refractivity (Wildman–Crippen MR) is 120 cm³/mol. The summed E-state index contributed by atoms with van der Waals surface area (Å²) < 4.78 is 11.5. The molecule has 6 heteroatoms. The predicted octanol–water partition coefficient (Wildman–Crippen LogP) is 6.01. The van der Waals surface area contributed by atoms with Gasteiger partial charge in [0.15, 0.2) is 0 Å². The fourth-order valence-electron chi connectivity index (χ4n) is 2.24. The molecule has 0 aliphatic carbocycles. The smallest absolute Gasteiger partial charge is 0.305 e. The number of rotatable bonds is 16. The van der Waals surface area contributed by atoms with E-state index in [0.29, 0.717) is 33.9 Å². The van der Waals surface area contributed by atoms with E-state index >= 15 is 0 Å². The van der Waals surface area contributed by atoms with Crippen LogP contribution >= 0.6 is 45.2 Å². The van der Waals surface area contributed by atoms with Crippen molar-refractivity contribution in [3.8, 4) is 0 Å². The van der Waals surface area contributed by atoms with Crippen LogP contribution < -0.4 is 0 Å². The maximum Gasteiger partial charge on any atom is 0.305 e. The van der Waals surface area contributed by atoms with Crippen LogP contribution in [-0.2, 0) is 19.1 Å². The molecule has 0 amide bonds. The topological polar surface area (TPSA) is 52.6 Å². The van der Waals surface area contributed by atoms with Crippen molar-refractivity contribution in [3.63, 3.8) is 0 Å². The lowest BCUT2D eigenvalue weighted by atomic mass is 10.1. The van der Waals surface area contributed by atoms with Gasteiger partial charge in [0.2, 0.25) is 0 Å². The summed E-state index contributed by atoms with van der Waals surface area (Å²) in [6.45, 7) is 5.31. The third-order valence-electron chi connectivity index (χ3n) is 3.81. The molecule has 0 bridgehead atoms. The van der Waals surface area contributed by atoms with Gasteiger partial charge in [-0.15, -0.1) is 0 Å². The molecule has 0 rings (SSSR count). The highest BCUT2D eigenvalue weighted by atomic mass is 127. The van der Waals surface area contributed by atoms with Crippen LogP contribution in [0.5, 0.6) is 0 Å². The Morgan fingerprint density at radius 1 is 0.680 bits per heavy atom. The number of halogens is 2. The van der Waals surface area contributed by atoms with Crippen molar-refractivity contribution in [2.24, 2.45) is 0 Å². The summed E-state index contributed by atoms with van der Waals surface area (Å²) in [6, 6.07) is 0. The molecular formula is C19H34I2O4. The van der Waals surface area contributed by atoms with Crippen molar-refractivity contribution < 1.29 is 19.1 Å². The highest BCUT2D eigenvalue weighted by Crippen LogP contribution is 2.11. The molecule has 2 unspecified atom stereocenters. The molecule has 0 saturated heterocycles. The first-order valence-electron chi connectivity index (χ1n) is 9.51. The zero-order valence-electron chi connectivity index (χ0n) is 15.7. The molecule has 0 spiro atoms. The first-order valence-corrected chi connectivity index (χ1v) is 12.0. The van der Waals surface area contributed by atoms with E-state index < -0.39 is 0 Å². The Hall–Kier alpha value is 0.400. The Bertz CT molecular complexity index is 314. The van der Waals surface area contributed by atoms with Crippen molar-refractivity contribution in [2.45, 2.75) is 92.3 Å². The van der Waals surface area contributed by atoms with Gasteiger partial charge in [-0.2, -0.15) is 0 Å². The van der Waals surface area contributed by atoms with Gasteiger partial charge in [-0.25, -0.2) is 0 Å². The van der Waals surface area contributed by atoms with Gasteiger partial charge in [0.05, 0.1) is 13.2 Å². The molecule has 0 radical (unpaired) electrons. The van der Waals surface area contributed by atoms with Crippen LogP contribution in [0, 0.1) is 0 Å². The van der Waals surface area contributed by atoms with Gasteiger partial charge < -0.3 is 9.47 Å². The second-order valence-corrected chi connectivity index (χ2v) is 10.8. The van der Waals surface area contributed by atoms with E-state index in [1.807, 2.05) is 0 Å². The van der Waals surface area contributed by atoms with Crippen molar-refractivity contribution in [1.29, 1.82) is 0 Å². The number of hydrogen-bond donors (Lipinski definition) is 0. The van der Waals surface area contributed by atoms with E-state index in [2.05, 4.69) is 59.0 Å². The molecule has 0 aromatic rings. The van der Waals surface area contributed by atoms with Crippen LogP contribution in [0.3, 0.4) is 0 Å². The standard InChI is InChI=1S/C19H34I2O4/c1-16(20)10-12-18(22)24-14-8-6-4-3-5-7-9-15-25-19(23)13-11-17(2)21/h16-17H,3-15H2,1-2H3. The fourth-order valence-corrected chi connectivity index (χ4v) is 2.86. The molecule has 4 nitrogen and oxygen atoms in total. The maximum absolute atomic E-state index is 11.4. The monoisotopic (exact) mass is 580 g/mol. The third-order valence-corrected chi connectivity index (χ3v) is 5.05. The second kappa shape index (κ2) is 17.8. The van der Waals surface area contributed by atoms with Crippen LogP contribution in [0.4, 0.5) is 0 Å². The number of alkyl halides is 2. The van der Waals surface area contributed by atoms with Crippen molar-refractivity contribution in [3.05, 3.63) is 0 Å². The molecule has 0 aromatic heterocycles. The normalized spacial score (nSPS) is 13.3. The van der Waals surface area contributed by atoms with Crippen LogP contribution in [0.1, 0.15) is 84.5 Å². The SMILES string of the molecule is CC(I)CCC(=O)OCCCCCCCCCOC(=O)CCC(C)I. The van der Waals surface area contributed by atoms with Crippen molar-refractivity contribution >= 4 is 57.1 Å². The van der Waals surface area contributed by atoms with Crippen LogP contribution in [0.15, 0.2) is 0 Å². The number of hydrogen-bond acceptors (Lipinski definition) is 4.